The SMILES string of the molecule is CC(C)c1ncc(CN(CCCO)Cc2ccncc2)cn1. The smallest absolute Gasteiger partial charge is 0.130 e. The Bertz CT molecular complexity index is 542. The standard InChI is InChI=1S/C17H24N4O/c1-14(2)17-19-10-16(11-20-17)13-21(8-3-9-22)12-15-4-6-18-7-5-15/h4-7,10-11,14,22H,3,8-9,12-13H2,1-2H3. The van der Waals surface area contributed by atoms with Crippen molar-refractivity contribution in [2.75, 3.05) is 13.2 Å². The van der Waals surface area contributed by atoms with Gasteiger partial charge in [0.25, 0.3) is 0 Å². The number of aliphatic hydroxyl groups is 1. The molecule has 2 aromatic rings. The van der Waals surface area contributed by atoms with Crippen LogP contribution in [-0.4, -0.2) is 38.1 Å². The number of nitrogens with zero attached hydrogens (tertiary/aromatic N) is 4. The molecule has 5 nitrogen and oxygen atoms in total. The molecular weight excluding hydrogens is 276 g/mol. The molecule has 0 atom stereocenters. The molecule has 5 heteroatoms. The molecule has 0 bridgehead atoms. The Balaban J connectivity index is 2.02. The Hall–Kier alpha value is -1.85. The van der Waals surface area contributed by atoms with Crippen molar-refractivity contribution in [2.45, 2.75) is 39.3 Å². The number of pyridine rings is 1. The summed E-state index contributed by atoms with van der Waals surface area (Å²) in [5, 5.41) is 9.08. The average molecular weight is 300 g/mol. The lowest BCUT2D eigenvalue weighted by Crippen LogP contribution is -2.25. The maximum Gasteiger partial charge on any atom is 0.130 e. The molecule has 118 valence electrons. The van der Waals surface area contributed by atoms with Crippen LogP contribution in [0.25, 0.3) is 0 Å². The third-order valence-corrected chi connectivity index (χ3v) is 3.44. The number of aromatic nitrogens is 3. The second kappa shape index (κ2) is 8.56. The summed E-state index contributed by atoms with van der Waals surface area (Å²) in [6, 6.07) is 4.04. The molecule has 2 heterocycles. The van der Waals surface area contributed by atoms with Crippen molar-refractivity contribution >= 4 is 0 Å². The molecule has 0 aliphatic carbocycles. The third-order valence-electron chi connectivity index (χ3n) is 3.44. The molecule has 0 fully saturated rings. The number of rotatable bonds is 8. The van der Waals surface area contributed by atoms with Crippen LogP contribution in [0.2, 0.25) is 0 Å². The van der Waals surface area contributed by atoms with Gasteiger partial charge in [0.2, 0.25) is 0 Å². The minimum absolute atomic E-state index is 0.204. The second-order valence-electron chi connectivity index (χ2n) is 5.75. The lowest BCUT2D eigenvalue weighted by atomic mass is 10.2. The van der Waals surface area contributed by atoms with Crippen LogP contribution in [0.4, 0.5) is 0 Å². The quantitative estimate of drug-likeness (QED) is 0.811. The number of hydrogen-bond donors (Lipinski definition) is 1. The average Bonchev–Trinajstić information content (AvgIpc) is 2.54. The van der Waals surface area contributed by atoms with Crippen molar-refractivity contribution < 1.29 is 5.11 Å². The van der Waals surface area contributed by atoms with Crippen LogP contribution in [-0.2, 0) is 13.1 Å². The van der Waals surface area contributed by atoms with E-state index in [1.165, 1.54) is 5.56 Å². The maximum atomic E-state index is 9.08. The monoisotopic (exact) mass is 300 g/mol. The zero-order valence-corrected chi connectivity index (χ0v) is 13.3. The fraction of sp³-hybridized carbons (Fsp3) is 0.471. The summed E-state index contributed by atoms with van der Waals surface area (Å²) in [7, 11) is 0. The predicted octanol–water partition coefficient (Wildman–Crippen LogP) is 2.38. The van der Waals surface area contributed by atoms with Crippen LogP contribution in [0.5, 0.6) is 0 Å². The Morgan fingerprint density at radius 1 is 1.05 bits per heavy atom. The first-order valence-electron chi connectivity index (χ1n) is 7.72. The van der Waals surface area contributed by atoms with Gasteiger partial charge in [0.05, 0.1) is 0 Å². The van der Waals surface area contributed by atoms with Crippen LogP contribution in [0.15, 0.2) is 36.9 Å². The molecule has 0 spiro atoms. The van der Waals surface area contributed by atoms with E-state index in [-0.39, 0.29) is 6.61 Å². The summed E-state index contributed by atoms with van der Waals surface area (Å²) < 4.78 is 0. The highest BCUT2D eigenvalue weighted by Gasteiger charge is 2.09. The van der Waals surface area contributed by atoms with Gasteiger partial charge < -0.3 is 5.11 Å². The summed E-state index contributed by atoms with van der Waals surface area (Å²) in [5.74, 6) is 1.22. The van der Waals surface area contributed by atoms with Crippen molar-refractivity contribution in [2.24, 2.45) is 0 Å². The van der Waals surface area contributed by atoms with Crippen LogP contribution >= 0.6 is 0 Å². The fourth-order valence-corrected chi connectivity index (χ4v) is 2.26. The molecule has 0 aliphatic heterocycles. The van der Waals surface area contributed by atoms with Crippen LogP contribution in [0.3, 0.4) is 0 Å². The van der Waals surface area contributed by atoms with Crippen molar-refractivity contribution in [3.63, 3.8) is 0 Å². The first-order chi connectivity index (χ1) is 10.7. The van der Waals surface area contributed by atoms with Gasteiger partial charge >= 0.3 is 0 Å². The van der Waals surface area contributed by atoms with E-state index in [0.29, 0.717) is 5.92 Å². The Morgan fingerprint density at radius 2 is 1.68 bits per heavy atom. The van der Waals surface area contributed by atoms with E-state index in [2.05, 4.69) is 33.7 Å². The number of aliphatic hydroxyl groups excluding tert-OH is 1. The molecule has 2 aromatic heterocycles. The molecule has 0 saturated carbocycles. The Kier molecular flexibility index (Phi) is 6.43. The minimum atomic E-state index is 0.204. The van der Waals surface area contributed by atoms with Gasteiger partial charge in [0.15, 0.2) is 0 Å². The van der Waals surface area contributed by atoms with E-state index in [0.717, 1.165) is 37.4 Å². The summed E-state index contributed by atoms with van der Waals surface area (Å²) in [5.41, 5.74) is 2.31. The highest BCUT2D eigenvalue weighted by atomic mass is 16.3. The van der Waals surface area contributed by atoms with Gasteiger partial charge in [0, 0.05) is 62.5 Å². The van der Waals surface area contributed by atoms with Gasteiger partial charge in [-0.1, -0.05) is 13.8 Å². The van der Waals surface area contributed by atoms with E-state index in [9.17, 15) is 0 Å². The zero-order chi connectivity index (χ0) is 15.8. The molecule has 0 unspecified atom stereocenters. The summed E-state index contributed by atoms with van der Waals surface area (Å²) >= 11 is 0. The lowest BCUT2D eigenvalue weighted by Gasteiger charge is -2.22. The lowest BCUT2D eigenvalue weighted by molar-refractivity contribution is 0.212. The topological polar surface area (TPSA) is 62.1 Å². The minimum Gasteiger partial charge on any atom is -0.396 e. The molecule has 0 aliphatic rings. The van der Waals surface area contributed by atoms with Crippen molar-refractivity contribution in [1.82, 2.24) is 19.9 Å². The van der Waals surface area contributed by atoms with E-state index in [1.54, 1.807) is 12.4 Å². The van der Waals surface area contributed by atoms with Gasteiger partial charge in [-0.05, 0) is 24.1 Å². The Labute approximate surface area is 132 Å². The van der Waals surface area contributed by atoms with Crippen LogP contribution < -0.4 is 0 Å². The molecule has 0 radical (unpaired) electrons. The normalized spacial score (nSPS) is 11.3. The van der Waals surface area contributed by atoms with Gasteiger partial charge in [-0.15, -0.1) is 0 Å². The van der Waals surface area contributed by atoms with E-state index in [4.69, 9.17) is 5.11 Å². The summed E-state index contributed by atoms with van der Waals surface area (Å²) in [4.78, 5) is 15.2. The predicted molar refractivity (Wildman–Crippen MR) is 86.2 cm³/mol. The molecule has 22 heavy (non-hydrogen) atoms. The summed E-state index contributed by atoms with van der Waals surface area (Å²) in [6.45, 7) is 6.83. The van der Waals surface area contributed by atoms with Crippen LogP contribution in [0, 0.1) is 0 Å². The van der Waals surface area contributed by atoms with E-state index in [1.807, 2.05) is 24.5 Å². The highest BCUT2D eigenvalue weighted by Crippen LogP contribution is 2.11. The fourth-order valence-electron chi connectivity index (χ4n) is 2.26. The second-order valence-corrected chi connectivity index (χ2v) is 5.75. The van der Waals surface area contributed by atoms with Gasteiger partial charge in [-0.2, -0.15) is 0 Å². The molecule has 0 saturated heterocycles. The van der Waals surface area contributed by atoms with Gasteiger partial charge in [0.1, 0.15) is 5.82 Å². The molecule has 2 rings (SSSR count). The molecule has 0 aromatic carbocycles. The van der Waals surface area contributed by atoms with Gasteiger partial charge in [-0.25, -0.2) is 9.97 Å². The van der Waals surface area contributed by atoms with Crippen molar-refractivity contribution in [3.8, 4) is 0 Å². The molecule has 0 amide bonds. The van der Waals surface area contributed by atoms with Crippen LogP contribution in [0.1, 0.15) is 43.1 Å². The van der Waals surface area contributed by atoms with Gasteiger partial charge in [-0.3, -0.25) is 9.88 Å². The Morgan fingerprint density at radius 3 is 2.27 bits per heavy atom. The maximum absolute atomic E-state index is 9.08. The van der Waals surface area contributed by atoms with Crippen molar-refractivity contribution in [1.29, 1.82) is 0 Å². The first kappa shape index (κ1) is 16.5. The first-order valence-corrected chi connectivity index (χ1v) is 7.72. The van der Waals surface area contributed by atoms with E-state index < -0.39 is 0 Å². The number of hydrogen-bond acceptors (Lipinski definition) is 5. The highest BCUT2D eigenvalue weighted by molar-refractivity contribution is 5.11. The third kappa shape index (κ3) is 5.16. The molecular formula is C17H24N4O. The summed E-state index contributed by atoms with van der Waals surface area (Å²) in [6.07, 6.45) is 8.18. The molecule has 1 N–H and O–H groups in total. The largest absolute Gasteiger partial charge is 0.396 e. The van der Waals surface area contributed by atoms with Crippen molar-refractivity contribution in [3.05, 3.63) is 53.9 Å². The zero-order valence-electron chi connectivity index (χ0n) is 13.3. The van der Waals surface area contributed by atoms with E-state index >= 15 is 0 Å².